The Morgan fingerprint density at radius 3 is 2.59 bits per heavy atom. The van der Waals surface area contributed by atoms with E-state index < -0.39 is 6.10 Å². The highest BCUT2D eigenvalue weighted by Crippen LogP contribution is 2.29. The van der Waals surface area contributed by atoms with E-state index in [4.69, 9.17) is 0 Å². The third-order valence-electron chi connectivity index (χ3n) is 3.44. The van der Waals surface area contributed by atoms with Crippen LogP contribution in [0.3, 0.4) is 0 Å². The minimum Gasteiger partial charge on any atom is -0.386 e. The molecule has 5 nitrogen and oxygen atoms in total. The summed E-state index contributed by atoms with van der Waals surface area (Å²) >= 11 is 0. The van der Waals surface area contributed by atoms with Crippen LogP contribution < -0.4 is 11.0 Å². The Kier molecular flexibility index (Phi) is 3.69. The highest BCUT2D eigenvalue weighted by Gasteiger charge is 2.27. The van der Waals surface area contributed by atoms with E-state index in [2.05, 4.69) is 15.3 Å². The van der Waals surface area contributed by atoms with Gasteiger partial charge in [-0.15, -0.1) is 0 Å². The molecule has 0 amide bonds. The number of H-pyrrole nitrogens is 2. The van der Waals surface area contributed by atoms with Crippen LogP contribution in [-0.4, -0.2) is 28.2 Å². The van der Waals surface area contributed by atoms with Gasteiger partial charge in [-0.2, -0.15) is 0 Å². The summed E-state index contributed by atoms with van der Waals surface area (Å²) in [7, 11) is 0. The van der Waals surface area contributed by atoms with Crippen LogP contribution >= 0.6 is 0 Å². The molecule has 1 aliphatic rings. The lowest BCUT2D eigenvalue weighted by Gasteiger charge is -2.27. The Morgan fingerprint density at radius 2 is 2.00 bits per heavy atom. The number of imidazole rings is 1. The molecule has 1 fully saturated rings. The number of hydrogen-bond acceptors (Lipinski definition) is 3. The molecular formula is C12H21N3O2. The molecule has 4 N–H and O–H groups in total. The van der Waals surface area contributed by atoms with E-state index in [1.54, 1.807) is 0 Å². The van der Waals surface area contributed by atoms with Crippen LogP contribution in [0.1, 0.15) is 50.1 Å². The summed E-state index contributed by atoms with van der Waals surface area (Å²) in [4.78, 5) is 16.9. The number of hydrogen-bond donors (Lipinski definition) is 4. The summed E-state index contributed by atoms with van der Waals surface area (Å²) in [6.45, 7) is 5.85. The predicted octanol–water partition coefficient (Wildman–Crippen LogP) is 0.859. The van der Waals surface area contributed by atoms with E-state index in [0.717, 1.165) is 31.6 Å². The van der Waals surface area contributed by atoms with Crippen molar-refractivity contribution in [3.63, 3.8) is 0 Å². The largest absolute Gasteiger partial charge is 0.386 e. The molecule has 1 saturated heterocycles. The molecule has 0 aromatic carbocycles. The number of aliphatic hydroxyl groups excluding tert-OH is 1. The molecule has 0 radical (unpaired) electrons. The number of aliphatic hydroxyl groups is 1. The van der Waals surface area contributed by atoms with E-state index in [1.807, 2.05) is 13.8 Å². The summed E-state index contributed by atoms with van der Waals surface area (Å²) in [5, 5.41) is 13.6. The molecule has 2 heterocycles. The average Bonchev–Trinajstić information content (AvgIpc) is 2.72. The van der Waals surface area contributed by atoms with Gasteiger partial charge in [-0.1, -0.05) is 13.8 Å². The maximum absolute atomic E-state index is 11.4. The number of nitrogens with one attached hydrogen (secondary N) is 3. The minimum atomic E-state index is -0.584. The van der Waals surface area contributed by atoms with E-state index in [1.165, 1.54) is 0 Å². The quantitative estimate of drug-likeness (QED) is 0.631. The molecule has 0 spiro atoms. The van der Waals surface area contributed by atoms with E-state index in [0.29, 0.717) is 5.69 Å². The fourth-order valence-electron chi connectivity index (χ4n) is 2.48. The molecule has 1 aliphatic heterocycles. The molecule has 2 rings (SSSR count). The van der Waals surface area contributed by atoms with Crippen LogP contribution in [0.2, 0.25) is 0 Å². The van der Waals surface area contributed by atoms with Gasteiger partial charge in [0.05, 0.1) is 11.8 Å². The van der Waals surface area contributed by atoms with Crippen LogP contribution in [0.4, 0.5) is 0 Å². The average molecular weight is 239 g/mol. The van der Waals surface area contributed by atoms with Gasteiger partial charge in [0.1, 0.15) is 0 Å². The summed E-state index contributed by atoms with van der Waals surface area (Å²) in [6, 6.07) is 0. The van der Waals surface area contributed by atoms with E-state index in [-0.39, 0.29) is 17.5 Å². The lowest BCUT2D eigenvalue weighted by atomic mass is 9.90. The first-order valence-electron chi connectivity index (χ1n) is 6.30. The molecule has 17 heavy (non-hydrogen) atoms. The normalized spacial score (nSPS) is 22.9. The lowest BCUT2D eigenvalue weighted by Crippen LogP contribution is -2.33. The molecule has 1 aromatic rings. The molecule has 0 aliphatic carbocycles. The van der Waals surface area contributed by atoms with Gasteiger partial charge < -0.3 is 20.4 Å². The Balaban J connectivity index is 2.22. The second-order valence-corrected chi connectivity index (χ2v) is 5.11. The van der Waals surface area contributed by atoms with Gasteiger partial charge in [0.25, 0.3) is 0 Å². The van der Waals surface area contributed by atoms with Crippen LogP contribution in [0.25, 0.3) is 0 Å². The summed E-state index contributed by atoms with van der Waals surface area (Å²) in [6.07, 6.45) is 1.49. The first-order chi connectivity index (χ1) is 8.09. The first kappa shape index (κ1) is 12.4. The summed E-state index contributed by atoms with van der Waals surface area (Å²) in [5.41, 5.74) is 1.26. The van der Waals surface area contributed by atoms with Gasteiger partial charge >= 0.3 is 5.69 Å². The number of aromatic nitrogens is 2. The highest BCUT2D eigenvalue weighted by molar-refractivity contribution is 5.18. The van der Waals surface area contributed by atoms with Crippen LogP contribution in [-0.2, 0) is 0 Å². The Morgan fingerprint density at radius 1 is 1.29 bits per heavy atom. The smallest absolute Gasteiger partial charge is 0.323 e. The molecular weight excluding hydrogens is 218 g/mol. The maximum atomic E-state index is 11.4. The van der Waals surface area contributed by atoms with Crippen molar-refractivity contribution >= 4 is 0 Å². The third kappa shape index (κ3) is 2.61. The second kappa shape index (κ2) is 5.06. The van der Waals surface area contributed by atoms with Crippen molar-refractivity contribution in [2.75, 3.05) is 13.1 Å². The number of aromatic amines is 2. The van der Waals surface area contributed by atoms with E-state index in [9.17, 15) is 9.90 Å². The first-order valence-corrected chi connectivity index (χ1v) is 6.30. The molecule has 5 heteroatoms. The summed E-state index contributed by atoms with van der Waals surface area (Å²) < 4.78 is 0. The molecule has 2 atom stereocenters. The van der Waals surface area contributed by atoms with Gasteiger partial charge in [0, 0.05) is 18.2 Å². The topological polar surface area (TPSA) is 80.9 Å². The predicted molar refractivity (Wildman–Crippen MR) is 66.1 cm³/mol. The number of rotatable bonds is 3. The number of piperidine rings is 1. The SMILES string of the molecule is CC(C)c1[nH]c(=O)[nH]c1C(O)C1CCCNC1. The molecule has 0 bridgehead atoms. The van der Waals surface area contributed by atoms with Crippen molar-refractivity contribution < 1.29 is 5.11 Å². The standard InChI is InChI=1S/C12H21N3O2/c1-7(2)9-10(15-12(17)14-9)11(16)8-4-3-5-13-6-8/h7-8,11,13,16H,3-6H2,1-2H3,(H2,14,15,17). The van der Waals surface area contributed by atoms with Crippen molar-refractivity contribution in [2.24, 2.45) is 5.92 Å². The van der Waals surface area contributed by atoms with Crippen molar-refractivity contribution in [1.82, 2.24) is 15.3 Å². The summed E-state index contributed by atoms with van der Waals surface area (Å²) in [5.74, 6) is 0.392. The zero-order valence-corrected chi connectivity index (χ0v) is 10.4. The Hall–Kier alpha value is -1.07. The van der Waals surface area contributed by atoms with Crippen molar-refractivity contribution in [3.05, 3.63) is 21.9 Å². The van der Waals surface area contributed by atoms with Crippen LogP contribution in [0.15, 0.2) is 4.79 Å². The zero-order valence-electron chi connectivity index (χ0n) is 10.4. The van der Waals surface area contributed by atoms with Crippen LogP contribution in [0, 0.1) is 5.92 Å². The fraction of sp³-hybridized carbons (Fsp3) is 0.750. The third-order valence-corrected chi connectivity index (χ3v) is 3.44. The van der Waals surface area contributed by atoms with Crippen molar-refractivity contribution in [3.8, 4) is 0 Å². The molecule has 96 valence electrons. The Labute approximate surface area is 101 Å². The maximum Gasteiger partial charge on any atom is 0.323 e. The van der Waals surface area contributed by atoms with Crippen molar-refractivity contribution in [2.45, 2.75) is 38.7 Å². The van der Waals surface area contributed by atoms with Gasteiger partial charge in [0.15, 0.2) is 0 Å². The van der Waals surface area contributed by atoms with Gasteiger partial charge in [-0.05, 0) is 25.3 Å². The molecule has 0 saturated carbocycles. The monoisotopic (exact) mass is 239 g/mol. The molecule has 1 aromatic heterocycles. The Bertz CT molecular complexity index is 416. The lowest BCUT2D eigenvalue weighted by molar-refractivity contribution is 0.0876. The van der Waals surface area contributed by atoms with Gasteiger partial charge in [0.2, 0.25) is 0 Å². The highest BCUT2D eigenvalue weighted by atomic mass is 16.3. The van der Waals surface area contributed by atoms with Crippen molar-refractivity contribution in [1.29, 1.82) is 0 Å². The zero-order chi connectivity index (χ0) is 12.4. The fourth-order valence-corrected chi connectivity index (χ4v) is 2.48. The minimum absolute atomic E-state index is 0.188. The molecule has 2 unspecified atom stereocenters. The van der Waals surface area contributed by atoms with Crippen LogP contribution in [0.5, 0.6) is 0 Å². The second-order valence-electron chi connectivity index (χ2n) is 5.11. The van der Waals surface area contributed by atoms with Gasteiger partial charge in [-0.3, -0.25) is 0 Å². The van der Waals surface area contributed by atoms with Gasteiger partial charge in [-0.25, -0.2) is 4.79 Å². The van der Waals surface area contributed by atoms with E-state index >= 15 is 0 Å².